The molecule has 0 amide bonds. The van der Waals surface area contributed by atoms with Gasteiger partial charge in [-0.2, -0.15) is 10.2 Å². The van der Waals surface area contributed by atoms with Crippen LogP contribution in [0.1, 0.15) is 97.5 Å². The van der Waals surface area contributed by atoms with Gasteiger partial charge >= 0.3 is 0 Å². The van der Waals surface area contributed by atoms with Crippen molar-refractivity contribution in [1.82, 2.24) is 29.4 Å². The molecule has 2 aromatic carbocycles. The van der Waals surface area contributed by atoms with Crippen LogP contribution in [-0.4, -0.2) is 100 Å². The molecule has 2 fully saturated rings. The number of ether oxygens (including phenoxy) is 2. The van der Waals surface area contributed by atoms with Crippen molar-refractivity contribution in [2.45, 2.75) is 113 Å². The molecule has 4 aliphatic carbocycles. The number of halogens is 2. The number of aromatic hydroxyl groups is 2. The molecule has 2 aromatic heterocycles. The summed E-state index contributed by atoms with van der Waals surface area (Å²) in [6.07, 6.45) is 7.57. The van der Waals surface area contributed by atoms with E-state index in [2.05, 4.69) is 71.3 Å². The number of likely N-dealkylation sites (tertiary alicyclic amines) is 2. The second-order valence-electron chi connectivity index (χ2n) is 16.3. The molecule has 14 heteroatoms. The first-order valence-corrected chi connectivity index (χ1v) is 26.3. The third kappa shape index (κ3) is 4.82. The van der Waals surface area contributed by atoms with E-state index in [0.29, 0.717) is 24.3 Å². The number of fused-ring (bicyclic) bond motifs is 4. The summed E-state index contributed by atoms with van der Waals surface area (Å²) in [7, 11) is 8.05. The Morgan fingerprint density at radius 3 is 1.71 bits per heavy atom. The Labute approximate surface area is 352 Å². The standard InChI is InChI=1S/2C19H21N3O3.2C2H6.I2/c1-21-6-5-18-14-10-3-4-12(23)16(14)25-17(18)15-11(9-22(2)20-15)8-19(18,24)13(21)7-10;1-21-6-5-18-14-10-3-4-12(23)16(14)25-17(18)15-11(9-20-22(15)2)8-19(18,24)13(21)7-10;3*1-2/h2*3-4,9,13,17,23-24H,5-8H2,1-2H3;2*1-2H3;. The summed E-state index contributed by atoms with van der Waals surface area (Å²) in [6.45, 7) is 9.82. The van der Waals surface area contributed by atoms with E-state index in [4.69, 9.17) is 9.47 Å². The van der Waals surface area contributed by atoms with Crippen LogP contribution < -0.4 is 9.47 Å². The fraction of sp³-hybridized carbons (Fsp3) is 0.571. The fourth-order valence-electron chi connectivity index (χ4n) is 12.3. The summed E-state index contributed by atoms with van der Waals surface area (Å²) < 4.78 is 16.4. The molecular formula is C42H54I2N6O6. The molecular weight excluding hydrogens is 938 g/mol. The summed E-state index contributed by atoms with van der Waals surface area (Å²) in [4.78, 5) is 4.58. The first-order valence-electron chi connectivity index (χ1n) is 20.0. The molecule has 2 saturated heterocycles. The van der Waals surface area contributed by atoms with Gasteiger partial charge in [0.2, 0.25) is 0 Å². The Hall–Kier alpha value is -2.64. The Morgan fingerprint density at radius 2 is 1.18 bits per heavy atom. The molecule has 2 spiro atoms. The zero-order valence-corrected chi connectivity index (χ0v) is 37.8. The molecule has 0 radical (unpaired) electrons. The largest absolute Gasteiger partial charge is 0.504 e. The van der Waals surface area contributed by atoms with Crippen molar-refractivity contribution in [3.8, 4) is 23.0 Å². The average molecular weight is 993 g/mol. The van der Waals surface area contributed by atoms with Gasteiger partial charge < -0.3 is 39.7 Å². The predicted molar refractivity (Wildman–Crippen MR) is 230 cm³/mol. The number of hydrogen-bond donors (Lipinski definition) is 4. The van der Waals surface area contributed by atoms with E-state index in [1.165, 1.54) is 11.1 Å². The first-order chi connectivity index (χ1) is 26.9. The average Bonchev–Trinajstić information content (AvgIpc) is 3.95. The van der Waals surface area contributed by atoms with Gasteiger partial charge in [0.15, 0.2) is 35.2 Å². The molecule has 302 valence electrons. The minimum absolute atomic E-state index is 0.0451. The molecule has 4 aromatic rings. The Morgan fingerprint density at radius 1 is 0.696 bits per heavy atom. The molecule has 8 unspecified atom stereocenters. The van der Waals surface area contributed by atoms with E-state index in [9.17, 15) is 20.4 Å². The highest BCUT2D eigenvalue weighted by atomic mass is 128. The van der Waals surface area contributed by atoms with Crippen LogP contribution in [0, 0.1) is 0 Å². The second kappa shape index (κ2) is 14.0. The summed E-state index contributed by atoms with van der Waals surface area (Å²) in [6, 6.07) is 7.55. The number of phenolic OH excluding ortho intramolecular Hbond substituents is 2. The number of piperidine rings is 2. The van der Waals surface area contributed by atoms with Gasteiger partial charge in [0, 0.05) is 105 Å². The maximum atomic E-state index is 12.1. The smallest absolute Gasteiger partial charge is 0.166 e. The Balaban J connectivity index is 0.000000139. The molecule has 6 heterocycles. The molecule has 4 N–H and O–H groups in total. The topological polar surface area (TPSA) is 142 Å². The van der Waals surface area contributed by atoms with Crippen LogP contribution in [0.5, 0.6) is 23.0 Å². The lowest BCUT2D eigenvalue weighted by Gasteiger charge is -2.62. The third-order valence-electron chi connectivity index (χ3n) is 14.4. The summed E-state index contributed by atoms with van der Waals surface area (Å²) in [5, 5.41) is 54.2. The fourth-order valence-corrected chi connectivity index (χ4v) is 12.3. The van der Waals surface area contributed by atoms with Crippen LogP contribution in [0.2, 0.25) is 0 Å². The van der Waals surface area contributed by atoms with Gasteiger partial charge in [-0.25, -0.2) is 0 Å². The van der Waals surface area contributed by atoms with Crippen LogP contribution in [0.15, 0.2) is 36.7 Å². The molecule has 12 rings (SSSR count). The van der Waals surface area contributed by atoms with E-state index in [1.807, 2.05) is 75.7 Å². The SMILES string of the molecule is CC.CC.CN1CCC23c4c5ccc(O)c4OC2c2c(cnn2C)CC3(O)C1C5.CN1CCC23c4c5ccc(O)c4OC2c2nn(C)cc2CC3(O)C1C5.II. The normalized spacial score (nSPS) is 33.7. The third-order valence-corrected chi connectivity index (χ3v) is 14.4. The van der Waals surface area contributed by atoms with Crippen molar-refractivity contribution in [3.05, 3.63) is 81.4 Å². The number of nitrogens with zero attached hydrogens (tertiary/aromatic N) is 6. The summed E-state index contributed by atoms with van der Waals surface area (Å²) >= 11 is 4.24. The molecule has 56 heavy (non-hydrogen) atoms. The molecule has 0 saturated carbocycles. The first kappa shape index (κ1) is 40.2. The van der Waals surface area contributed by atoms with E-state index in [0.717, 1.165) is 72.4 Å². The number of aromatic nitrogens is 4. The lowest BCUT2D eigenvalue weighted by Crippen LogP contribution is -2.73. The van der Waals surface area contributed by atoms with Crippen LogP contribution in [0.25, 0.3) is 0 Å². The molecule has 8 atom stereocenters. The van der Waals surface area contributed by atoms with E-state index in [-0.39, 0.29) is 35.8 Å². The number of hydrogen-bond acceptors (Lipinski definition) is 10. The molecule has 4 aliphatic heterocycles. The van der Waals surface area contributed by atoms with Crippen molar-refractivity contribution in [3.63, 3.8) is 0 Å². The maximum Gasteiger partial charge on any atom is 0.166 e. The van der Waals surface area contributed by atoms with E-state index < -0.39 is 22.0 Å². The van der Waals surface area contributed by atoms with Crippen LogP contribution in [0.3, 0.4) is 0 Å². The quantitative estimate of drug-likeness (QED) is 0.157. The Kier molecular flexibility index (Phi) is 10.0. The molecule has 12 nitrogen and oxygen atoms in total. The zero-order valence-electron chi connectivity index (χ0n) is 33.5. The van der Waals surface area contributed by atoms with Gasteiger partial charge in [0.1, 0.15) is 5.69 Å². The maximum absolute atomic E-state index is 12.1. The minimum Gasteiger partial charge on any atom is -0.504 e. The highest BCUT2D eigenvalue weighted by molar-refractivity contribution is 15.0. The lowest BCUT2D eigenvalue weighted by molar-refractivity contribution is -0.168. The molecule has 4 bridgehead atoms. The summed E-state index contributed by atoms with van der Waals surface area (Å²) in [5.41, 5.74) is 5.67. The number of phenols is 2. The van der Waals surface area contributed by atoms with Gasteiger partial charge in [0.25, 0.3) is 0 Å². The summed E-state index contributed by atoms with van der Waals surface area (Å²) in [5.74, 6) is 1.46. The van der Waals surface area contributed by atoms with Gasteiger partial charge in [-0.3, -0.25) is 9.36 Å². The number of rotatable bonds is 0. The van der Waals surface area contributed by atoms with Crippen molar-refractivity contribution < 1.29 is 29.9 Å². The van der Waals surface area contributed by atoms with Gasteiger partial charge in [-0.1, -0.05) is 39.8 Å². The predicted octanol–water partition coefficient (Wildman–Crippen LogP) is 5.91. The van der Waals surface area contributed by atoms with Gasteiger partial charge in [0.05, 0.1) is 33.9 Å². The van der Waals surface area contributed by atoms with Crippen molar-refractivity contribution in [2.75, 3.05) is 27.2 Å². The van der Waals surface area contributed by atoms with Crippen molar-refractivity contribution in [2.24, 2.45) is 14.1 Å². The molecule has 8 aliphatic rings. The lowest BCUT2D eigenvalue weighted by atomic mass is 9.49. The number of aliphatic hydroxyl groups is 2. The number of benzene rings is 2. The highest BCUT2D eigenvalue weighted by Crippen LogP contribution is 2.70. The highest BCUT2D eigenvalue weighted by Gasteiger charge is 2.74. The van der Waals surface area contributed by atoms with Gasteiger partial charge in [-0.15, -0.1) is 0 Å². The minimum atomic E-state index is -0.910. The van der Waals surface area contributed by atoms with Crippen molar-refractivity contribution >= 4 is 37.2 Å². The van der Waals surface area contributed by atoms with Crippen LogP contribution >= 0.6 is 37.2 Å². The van der Waals surface area contributed by atoms with Crippen molar-refractivity contribution in [1.29, 1.82) is 0 Å². The van der Waals surface area contributed by atoms with E-state index >= 15 is 0 Å². The number of likely N-dealkylation sites (N-methyl/N-ethyl adjacent to an activating group) is 2. The van der Waals surface area contributed by atoms with E-state index in [1.54, 1.807) is 12.1 Å². The number of aryl methyl sites for hydroxylation is 2. The monoisotopic (exact) mass is 992 g/mol. The second-order valence-corrected chi connectivity index (χ2v) is 16.3. The Bertz CT molecular complexity index is 2180. The van der Waals surface area contributed by atoms with Gasteiger partial charge in [-0.05, 0) is 76.1 Å². The van der Waals surface area contributed by atoms with Crippen LogP contribution in [-0.2, 0) is 50.6 Å². The zero-order chi connectivity index (χ0) is 40.3. The van der Waals surface area contributed by atoms with Crippen LogP contribution in [0.4, 0.5) is 0 Å².